The summed E-state index contributed by atoms with van der Waals surface area (Å²) in [6, 6.07) is 9.56. The van der Waals surface area contributed by atoms with E-state index < -0.39 is 91.2 Å². The van der Waals surface area contributed by atoms with E-state index in [4.69, 9.17) is 28.8 Å². The third-order valence-corrected chi connectivity index (χ3v) is 8.31. The summed E-state index contributed by atoms with van der Waals surface area (Å²) >= 11 is 5.95. The number of amides is 7. The number of unbranched alkanes of at least 4 members (excludes halogenated alkanes) is 1. The van der Waals surface area contributed by atoms with Crippen LogP contribution < -0.4 is 49.1 Å². The van der Waals surface area contributed by atoms with E-state index in [1.54, 1.807) is 36.4 Å². The fourth-order valence-electron chi connectivity index (χ4n) is 4.92. The van der Waals surface area contributed by atoms with Crippen molar-refractivity contribution in [3.63, 3.8) is 0 Å². The molecule has 0 radical (unpaired) electrons. The number of carbonyl (C=O) groups is 7. The molecule has 0 fully saturated rings. The Labute approximate surface area is 323 Å². The Kier molecular flexibility index (Phi) is 19.2. The lowest BCUT2D eigenvalue weighted by atomic mass is 9.81. The first-order valence-corrected chi connectivity index (χ1v) is 17.7. The Hall–Kier alpha value is -5.12. The van der Waals surface area contributed by atoms with Gasteiger partial charge in [-0.1, -0.05) is 35.9 Å². The van der Waals surface area contributed by atoms with Crippen molar-refractivity contribution < 1.29 is 48.7 Å². The van der Waals surface area contributed by atoms with Gasteiger partial charge in [0.2, 0.25) is 29.5 Å². The molecular weight excluding hydrogens is 741 g/mol. The highest BCUT2D eigenvalue weighted by atomic mass is 35.5. The van der Waals surface area contributed by atoms with E-state index in [2.05, 4.69) is 31.9 Å². The quantitative estimate of drug-likeness (QED) is 0.0320. The molecule has 0 bridgehead atoms. The number of aliphatic hydroxyl groups is 1. The van der Waals surface area contributed by atoms with Crippen molar-refractivity contribution in [2.45, 2.75) is 82.3 Å². The molecule has 7 amide bonds. The Morgan fingerprint density at radius 1 is 0.764 bits per heavy atom. The van der Waals surface area contributed by atoms with Gasteiger partial charge in [-0.15, -0.1) is 0 Å². The first-order chi connectivity index (χ1) is 25.9. The van der Waals surface area contributed by atoms with Crippen LogP contribution in [0.2, 0.25) is 5.02 Å². The molecule has 21 heteroatoms. The SMILES string of the molecule is CC(O)[C@H](NC(=O)[C@H](CCCCN)NC(=O)CCNC(=O)c1ccc(-c2ccc(Cl)cc2)cc1)C(=O)N[C@@H](N)C(=O)NC(CC(N)=O)C(=O)N[C@@H](C)B(O)O. The largest absolute Gasteiger partial charge is 0.475 e. The minimum absolute atomic E-state index is 0.0657. The molecule has 300 valence electrons. The van der Waals surface area contributed by atoms with E-state index in [1.807, 2.05) is 12.1 Å². The summed E-state index contributed by atoms with van der Waals surface area (Å²) < 4.78 is 0. The molecule has 0 aromatic heterocycles. The fourth-order valence-corrected chi connectivity index (χ4v) is 5.04. The predicted molar refractivity (Wildman–Crippen MR) is 202 cm³/mol. The summed E-state index contributed by atoms with van der Waals surface area (Å²) in [5, 5.41) is 43.3. The van der Waals surface area contributed by atoms with Crippen LogP contribution in [0.1, 0.15) is 56.3 Å². The minimum atomic E-state index is -1.96. The van der Waals surface area contributed by atoms with Gasteiger partial charge in [0, 0.05) is 23.6 Å². The van der Waals surface area contributed by atoms with Gasteiger partial charge in [0.05, 0.1) is 18.5 Å². The molecule has 2 unspecified atom stereocenters. The van der Waals surface area contributed by atoms with Crippen molar-refractivity contribution in [2.75, 3.05) is 13.1 Å². The molecule has 19 nitrogen and oxygen atoms in total. The predicted octanol–water partition coefficient (Wildman–Crippen LogP) is -3.12. The normalized spacial score (nSPS) is 14.1. The number of benzene rings is 2. The number of hydrogen-bond acceptors (Lipinski definition) is 12. The van der Waals surface area contributed by atoms with Crippen LogP contribution in [-0.4, -0.2) is 113 Å². The van der Waals surface area contributed by atoms with Crippen molar-refractivity contribution in [3.8, 4) is 11.1 Å². The first kappa shape index (κ1) is 46.0. The molecule has 2 aromatic carbocycles. The second-order valence-electron chi connectivity index (χ2n) is 12.7. The maximum atomic E-state index is 13.3. The van der Waals surface area contributed by atoms with Crippen molar-refractivity contribution in [3.05, 3.63) is 59.1 Å². The molecule has 0 saturated heterocycles. The van der Waals surface area contributed by atoms with Gasteiger partial charge in [-0.2, -0.15) is 0 Å². The highest BCUT2D eigenvalue weighted by Gasteiger charge is 2.33. The van der Waals surface area contributed by atoms with E-state index in [9.17, 15) is 48.7 Å². The maximum absolute atomic E-state index is 13.3. The molecule has 0 aliphatic rings. The van der Waals surface area contributed by atoms with Gasteiger partial charge in [-0.3, -0.25) is 33.6 Å². The topological polar surface area (TPSA) is 330 Å². The Bertz CT molecular complexity index is 1630. The lowest BCUT2D eigenvalue weighted by molar-refractivity contribution is -0.136. The lowest BCUT2D eigenvalue weighted by Crippen LogP contribution is -2.63. The number of nitrogens with two attached hydrogens (primary N) is 3. The van der Waals surface area contributed by atoms with Crippen LogP contribution in [0.25, 0.3) is 11.1 Å². The second kappa shape index (κ2) is 23.0. The van der Waals surface area contributed by atoms with Gasteiger partial charge in [0.25, 0.3) is 11.8 Å². The summed E-state index contributed by atoms with van der Waals surface area (Å²) in [5.41, 5.74) is 18.7. The van der Waals surface area contributed by atoms with E-state index in [0.29, 0.717) is 30.0 Å². The maximum Gasteiger partial charge on any atom is 0.475 e. The van der Waals surface area contributed by atoms with Gasteiger partial charge < -0.3 is 64.3 Å². The average molecular weight is 790 g/mol. The van der Waals surface area contributed by atoms with Crippen molar-refractivity contribution in [2.24, 2.45) is 17.2 Å². The van der Waals surface area contributed by atoms with Crippen molar-refractivity contribution in [1.82, 2.24) is 31.9 Å². The first-order valence-electron chi connectivity index (χ1n) is 17.4. The number of aliphatic hydroxyl groups excluding tert-OH is 1. The van der Waals surface area contributed by atoms with Gasteiger partial charge in [-0.25, -0.2) is 0 Å². The van der Waals surface area contributed by atoms with Crippen molar-refractivity contribution >= 4 is 60.1 Å². The highest BCUT2D eigenvalue weighted by Crippen LogP contribution is 2.22. The third-order valence-electron chi connectivity index (χ3n) is 8.06. The molecule has 0 aliphatic heterocycles. The second-order valence-corrected chi connectivity index (χ2v) is 13.1. The van der Waals surface area contributed by atoms with E-state index >= 15 is 0 Å². The zero-order chi connectivity index (χ0) is 41.2. The molecule has 15 N–H and O–H groups in total. The van der Waals surface area contributed by atoms with E-state index in [1.165, 1.54) is 13.8 Å². The molecule has 2 rings (SSSR count). The minimum Gasteiger partial charge on any atom is -0.426 e. The Morgan fingerprint density at radius 2 is 1.35 bits per heavy atom. The fraction of sp³-hybridized carbons (Fsp3) is 0.441. The van der Waals surface area contributed by atoms with Crippen LogP contribution in [0.15, 0.2) is 48.5 Å². The molecule has 0 spiro atoms. The molecule has 2 aromatic rings. The average Bonchev–Trinajstić information content (AvgIpc) is 3.12. The Morgan fingerprint density at radius 3 is 1.89 bits per heavy atom. The molecule has 55 heavy (non-hydrogen) atoms. The lowest BCUT2D eigenvalue weighted by Gasteiger charge is -2.26. The third kappa shape index (κ3) is 16.0. The summed E-state index contributed by atoms with van der Waals surface area (Å²) in [4.78, 5) is 88.7. The summed E-state index contributed by atoms with van der Waals surface area (Å²) in [7, 11) is -1.96. The summed E-state index contributed by atoms with van der Waals surface area (Å²) in [5.74, 6) is -7.36. The number of rotatable bonds is 22. The van der Waals surface area contributed by atoms with Gasteiger partial charge >= 0.3 is 7.12 Å². The number of halogens is 1. The Balaban J connectivity index is 2.00. The van der Waals surface area contributed by atoms with Crippen LogP contribution in [-0.2, 0) is 28.8 Å². The summed E-state index contributed by atoms with van der Waals surface area (Å²) in [6.07, 6.45) is -3.29. The van der Waals surface area contributed by atoms with Crippen LogP contribution in [0.4, 0.5) is 0 Å². The van der Waals surface area contributed by atoms with Crippen LogP contribution in [0.5, 0.6) is 0 Å². The van der Waals surface area contributed by atoms with Gasteiger partial charge in [0.1, 0.15) is 18.1 Å². The zero-order valence-electron chi connectivity index (χ0n) is 30.4. The van der Waals surface area contributed by atoms with Gasteiger partial charge in [-0.05, 0) is 75.0 Å². The highest BCUT2D eigenvalue weighted by molar-refractivity contribution is 6.43. The molecular formula is C34H49BClN9O10. The smallest absolute Gasteiger partial charge is 0.426 e. The summed E-state index contributed by atoms with van der Waals surface area (Å²) in [6.45, 7) is 2.65. The van der Waals surface area contributed by atoms with Crippen molar-refractivity contribution in [1.29, 1.82) is 0 Å². The number of carbonyl (C=O) groups excluding carboxylic acids is 7. The number of nitrogens with one attached hydrogen (secondary N) is 6. The van der Waals surface area contributed by atoms with Gasteiger partial charge in [0.15, 0.2) is 6.17 Å². The standard InChI is InChI=1S/C34H49BClN9O10/c1-18(46)28(33(52)45-29(39)34(53)43-25(17-26(38)47)32(51)41-19(2)35(54)55)44-31(50)24(5-3-4-15-37)42-27(48)14-16-40-30(49)22-8-6-20(7-9-22)21-10-12-23(36)13-11-21/h6-13,18-19,24-25,28-29,46,54-55H,3-5,14-17,37,39H2,1-2H3,(H2,38,47)(H,40,49)(H,41,51)(H,42,48)(H,43,53)(H,44,50)(H,45,52)/t18?,19-,24-,25?,28-,29+/m0/s1. The van der Waals surface area contributed by atoms with Crippen LogP contribution in [0.3, 0.4) is 0 Å². The number of primary amides is 1. The van der Waals surface area contributed by atoms with Crippen LogP contribution >= 0.6 is 11.6 Å². The molecule has 0 heterocycles. The molecule has 0 aliphatic carbocycles. The molecule has 0 saturated carbocycles. The molecule has 6 atom stereocenters. The number of hydrogen-bond donors (Lipinski definition) is 12. The van der Waals surface area contributed by atoms with Crippen LogP contribution in [0, 0.1) is 0 Å². The monoisotopic (exact) mass is 789 g/mol. The van der Waals surface area contributed by atoms with E-state index in [-0.39, 0.29) is 19.4 Å². The zero-order valence-corrected chi connectivity index (χ0v) is 31.2. The van der Waals surface area contributed by atoms with E-state index in [0.717, 1.165) is 11.1 Å².